The fourth-order valence-corrected chi connectivity index (χ4v) is 0.812. The van der Waals surface area contributed by atoms with Gasteiger partial charge in [-0.2, -0.15) is 0 Å². The van der Waals surface area contributed by atoms with Crippen molar-refractivity contribution < 1.29 is 4.74 Å². The summed E-state index contributed by atoms with van der Waals surface area (Å²) in [5, 5.41) is 0. The van der Waals surface area contributed by atoms with Crippen LogP contribution in [0.3, 0.4) is 0 Å². The lowest BCUT2D eigenvalue weighted by Crippen LogP contribution is -2.31. The zero-order valence-electron chi connectivity index (χ0n) is 7.24. The molecular weight excluding hydrogens is 174 g/mol. The Morgan fingerprint density at radius 2 is 2.31 bits per heavy atom. The minimum Gasteiger partial charge on any atom is -0.393 e. The molecule has 0 amide bonds. The van der Waals surface area contributed by atoms with Gasteiger partial charge in [0.15, 0.2) is 0 Å². The van der Waals surface area contributed by atoms with E-state index in [2.05, 4.69) is 4.98 Å². The zero-order chi connectivity index (χ0) is 9.84. The largest absolute Gasteiger partial charge is 0.393 e. The van der Waals surface area contributed by atoms with E-state index in [1.165, 1.54) is 10.8 Å². The van der Waals surface area contributed by atoms with Crippen LogP contribution in [0.25, 0.3) is 0 Å². The molecule has 0 saturated carbocycles. The lowest BCUT2D eigenvalue weighted by atomic mass is 10.5. The highest BCUT2D eigenvalue weighted by molar-refractivity contribution is 5.29. The molecule has 1 rings (SSSR count). The highest BCUT2D eigenvalue weighted by Gasteiger charge is 1.99. The summed E-state index contributed by atoms with van der Waals surface area (Å²) in [6.07, 6.45) is 1.26. The van der Waals surface area contributed by atoms with Crippen molar-refractivity contribution in [1.29, 1.82) is 0 Å². The van der Waals surface area contributed by atoms with E-state index in [1.54, 1.807) is 6.92 Å². The van der Waals surface area contributed by atoms with E-state index in [1.807, 2.05) is 0 Å². The number of nitrogens with one attached hydrogen (secondary N) is 1. The van der Waals surface area contributed by atoms with E-state index in [-0.39, 0.29) is 12.4 Å². The van der Waals surface area contributed by atoms with Crippen molar-refractivity contribution >= 4 is 5.69 Å². The molecular formula is C7H11N3O3. The van der Waals surface area contributed by atoms with Crippen LogP contribution < -0.4 is 17.0 Å². The molecule has 0 aliphatic heterocycles. The Hall–Kier alpha value is -1.56. The van der Waals surface area contributed by atoms with Crippen molar-refractivity contribution in [3.8, 4) is 0 Å². The molecule has 0 aromatic carbocycles. The van der Waals surface area contributed by atoms with Gasteiger partial charge in [-0.15, -0.1) is 0 Å². The topological polar surface area (TPSA) is 90.1 Å². The fraction of sp³-hybridized carbons (Fsp3) is 0.429. The second kappa shape index (κ2) is 3.90. The monoisotopic (exact) mass is 185 g/mol. The maximum absolute atomic E-state index is 11.1. The van der Waals surface area contributed by atoms with Crippen LogP contribution in [0.15, 0.2) is 15.8 Å². The van der Waals surface area contributed by atoms with Gasteiger partial charge in [-0.1, -0.05) is 0 Å². The van der Waals surface area contributed by atoms with Crippen molar-refractivity contribution in [2.24, 2.45) is 0 Å². The first-order valence-electron chi connectivity index (χ1n) is 3.82. The fourth-order valence-electron chi connectivity index (χ4n) is 0.812. The number of H-pyrrole nitrogens is 1. The molecule has 13 heavy (non-hydrogen) atoms. The van der Waals surface area contributed by atoms with E-state index in [9.17, 15) is 9.59 Å². The molecule has 6 nitrogen and oxygen atoms in total. The number of ether oxygens (including phenoxy) is 1. The van der Waals surface area contributed by atoms with E-state index in [4.69, 9.17) is 10.5 Å². The number of nitrogens with zero attached hydrogens (tertiary/aromatic N) is 1. The molecule has 0 saturated heterocycles. The first-order chi connectivity index (χ1) is 6.15. The molecule has 0 atom stereocenters. The van der Waals surface area contributed by atoms with Crippen LogP contribution in [0.2, 0.25) is 0 Å². The zero-order valence-corrected chi connectivity index (χ0v) is 7.24. The van der Waals surface area contributed by atoms with E-state index in [0.717, 1.165) is 0 Å². The van der Waals surface area contributed by atoms with Crippen LogP contribution in [0.1, 0.15) is 6.92 Å². The van der Waals surface area contributed by atoms with E-state index >= 15 is 0 Å². The summed E-state index contributed by atoms with van der Waals surface area (Å²) in [5.41, 5.74) is 4.21. The Labute approximate surface area is 74.0 Å². The molecule has 0 unspecified atom stereocenters. The predicted molar refractivity (Wildman–Crippen MR) is 47.4 cm³/mol. The Bertz CT molecular complexity index is 393. The van der Waals surface area contributed by atoms with Crippen LogP contribution in [0, 0.1) is 0 Å². The van der Waals surface area contributed by atoms with Crippen LogP contribution in [0.5, 0.6) is 0 Å². The third-order valence-corrected chi connectivity index (χ3v) is 1.47. The number of aromatic nitrogens is 2. The number of nitrogens with two attached hydrogens (primary N) is 1. The van der Waals surface area contributed by atoms with Gasteiger partial charge in [-0.3, -0.25) is 14.3 Å². The van der Waals surface area contributed by atoms with Crippen molar-refractivity contribution in [3.63, 3.8) is 0 Å². The molecule has 72 valence electrons. The van der Waals surface area contributed by atoms with Crippen molar-refractivity contribution in [2.75, 3.05) is 12.3 Å². The smallest absolute Gasteiger partial charge is 0.330 e. The van der Waals surface area contributed by atoms with Crippen LogP contribution in [-0.2, 0) is 11.5 Å². The third-order valence-electron chi connectivity index (χ3n) is 1.47. The summed E-state index contributed by atoms with van der Waals surface area (Å²) in [6.45, 7) is 2.39. The Balaban J connectivity index is 3.02. The van der Waals surface area contributed by atoms with Crippen molar-refractivity contribution in [2.45, 2.75) is 13.7 Å². The number of aromatic amines is 1. The van der Waals surface area contributed by atoms with Gasteiger partial charge in [-0.05, 0) is 6.92 Å². The lowest BCUT2D eigenvalue weighted by molar-refractivity contribution is 0.0844. The maximum atomic E-state index is 11.1. The molecule has 0 radical (unpaired) electrons. The highest BCUT2D eigenvalue weighted by Crippen LogP contribution is 1.87. The SMILES string of the molecule is CCOCn1cc(N)c(=O)[nH]c1=O. The Morgan fingerprint density at radius 1 is 1.62 bits per heavy atom. The number of hydrogen-bond acceptors (Lipinski definition) is 4. The predicted octanol–water partition coefficient (Wildman–Crippen LogP) is -0.887. The molecule has 3 N–H and O–H groups in total. The third kappa shape index (κ3) is 2.19. The molecule has 6 heteroatoms. The molecule has 0 fully saturated rings. The van der Waals surface area contributed by atoms with E-state index in [0.29, 0.717) is 6.61 Å². The van der Waals surface area contributed by atoms with Crippen molar-refractivity contribution in [3.05, 3.63) is 27.0 Å². The molecule has 0 spiro atoms. The summed E-state index contributed by atoms with van der Waals surface area (Å²) in [5.74, 6) is 0. The maximum Gasteiger partial charge on any atom is 0.330 e. The Morgan fingerprint density at radius 3 is 2.92 bits per heavy atom. The lowest BCUT2D eigenvalue weighted by Gasteiger charge is -2.04. The average molecular weight is 185 g/mol. The second-order valence-electron chi connectivity index (χ2n) is 2.44. The normalized spacial score (nSPS) is 10.2. The number of rotatable bonds is 3. The number of anilines is 1. The van der Waals surface area contributed by atoms with Crippen molar-refractivity contribution in [1.82, 2.24) is 9.55 Å². The van der Waals surface area contributed by atoms with Gasteiger partial charge in [0, 0.05) is 12.8 Å². The highest BCUT2D eigenvalue weighted by atomic mass is 16.5. The Kier molecular flexibility index (Phi) is 2.86. The van der Waals surface area contributed by atoms with Gasteiger partial charge in [-0.25, -0.2) is 4.79 Å². The average Bonchev–Trinajstić information content (AvgIpc) is 2.09. The number of nitrogen functional groups attached to an aromatic ring is 1. The molecule has 0 bridgehead atoms. The van der Waals surface area contributed by atoms with Gasteiger partial charge in [0.25, 0.3) is 5.56 Å². The quantitative estimate of drug-likeness (QED) is 0.639. The van der Waals surface area contributed by atoms with Crippen LogP contribution >= 0.6 is 0 Å². The van der Waals surface area contributed by atoms with E-state index < -0.39 is 11.2 Å². The standard InChI is InChI=1S/C7H11N3O3/c1-2-13-4-10-3-5(8)6(11)9-7(10)12/h3H,2,4,8H2,1H3,(H,9,11,12). The molecule has 0 aliphatic rings. The minimum absolute atomic E-state index is 0.000645. The molecule has 1 aromatic rings. The summed E-state index contributed by atoms with van der Waals surface area (Å²) < 4.78 is 6.18. The van der Waals surface area contributed by atoms with Gasteiger partial charge in [0.2, 0.25) is 0 Å². The van der Waals surface area contributed by atoms with Gasteiger partial charge in [0.05, 0.1) is 0 Å². The summed E-state index contributed by atoms with van der Waals surface area (Å²) in [6, 6.07) is 0. The van der Waals surface area contributed by atoms with Gasteiger partial charge < -0.3 is 10.5 Å². The van der Waals surface area contributed by atoms with Crippen LogP contribution in [-0.4, -0.2) is 16.2 Å². The molecule has 1 aromatic heterocycles. The van der Waals surface area contributed by atoms with Crippen LogP contribution in [0.4, 0.5) is 5.69 Å². The molecule has 1 heterocycles. The van der Waals surface area contributed by atoms with Gasteiger partial charge in [0.1, 0.15) is 12.4 Å². The second-order valence-corrected chi connectivity index (χ2v) is 2.44. The summed E-state index contributed by atoms with van der Waals surface area (Å²) >= 11 is 0. The van der Waals surface area contributed by atoms with Gasteiger partial charge >= 0.3 is 5.69 Å². The first kappa shape index (κ1) is 9.53. The summed E-state index contributed by atoms with van der Waals surface area (Å²) in [4.78, 5) is 24.0. The molecule has 0 aliphatic carbocycles. The summed E-state index contributed by atoms with van der Waals surface area (Å²) in [7, 11) is 0. The number of hydrogen-bond donors (Lipinski definition) is 2. The minimum atomic E-state index is -0.572. The first-order valence-corrected chi connectivity index (χ1v) is 3.82.